The van der Waals surface area contributed by atoms with E-state index in [4.69, 9.17) is 11.6 Å². The molecule has 0 aliphatic carbocycles. The van der Waals surface area contributed by atoms with Crippen molar-refractivity contribution >= 4 is 41.0 Å². The average Bonchev–Trinajstić information content (AvgIpc) is 3.13. The molecule has 3 rings (SSSR count). The first-order chi connectivity index (χ1) is 14.2. The molecule has 0 saturated carbocycles. The number of nitrogens with one attached hydrogen (secondary N) is 4. The highest BCUT2D eigenvalue weighted by atomic mass is 35.5. The summed E-state index contributed by atoms with van der Waals surface area (Å²) in [6, 6.07) is 8.84. The molecule has 0 bridgehead atoms. The highest BCUT2D eigenvalue weighted by molar-refractivity contribution is 6.31. The summed E-state index contributed by atoms with van der Waals surface area (Å²) in [4.78, 5) is 23.1. The van der Waals surface area contributed by atoms with Crippen LogP contribution in [-0.4, -0.2) is 22.5 Å². The summed E-state index contributed by atoms with van der Waals surface area (Å²) in [7, 11) is 0. The molecule has 7 nitrogen and oxygen atoms in total. The highest BCUT2D eigenvalue weighted by Crippen LogP contribution is 2.33. The van der Waals surface area contributed by atoms with Crippen LogP contribution in [0.25, 0.3) is 0 Å². The van der Waals surface area contributed by atoms with Gasteiger partial charge in [-0.2, -0.15) is 18.3 Å². The predicted molar refractivity (Wildman–Crippen MR) is 107 cm³/mol. The molecule has 0 radical (unpaired) electrons. The van der Waals surface area contributed by atoms with Gasteiger partial charge in [-0.25, -0.2) is 4.79 Å². The van der Waals surface area contributed by atoms with E-state index in [1.54, 1.807) is 24.3 Å². The van der Waals surface area contributed by atoms with Crippen LogP contribution in [0.4, 0.5) is 35.0 Å². The van der Waals surface area contributed by atoms with E-state index in [-0.39, 0.29) is 10.7 Å². The standard InChI is InChI=1S/C19H15ClF3N5O2/c20-13-5-12(19(21,22)23)6-15(7-13)27-18(30)26-14-3-1-2-11(4-14)8-24-16-9-25-28-17(16)10-29/h1-7,9-10,24H,8H2,(H,25,28)(H2,26,27,30). The molecule has 1 aromatic heterocycles. The number of carbonyl (C=O) groups is 2. The second-order valence-corrected chi connectivity index (χ2v) is 6.61. The quantitative estimate of drug-likeness (QED) is 0.401. The second kappa shape index (κ2) is 8.87. The summed E-state index contributed by atoms with van der Waals surface area (Å²) in [5.74, 6) is 0. The number of anilines is 3. The van der Waals surface area contributed by atoms with E-state index in [9.17, 15) is 22.8 Å². The minimum Gasteiger partial charge on any atom is -0.378 e. The zero-order chi connectivity index (χ0) is 21.7. The molecule has 0 unspecified atom stereocenters. The molecule has 0 spiro atoms. The van der Waals surface area contributed by atoms with E-state index in [2.05, 4.69) is 26.1 Å². The molecule has 2 aromatic carbocycles. The topological polar surface area (TPSA) is 98.9 Å². The third-order valence-electron chi connectivity index (χ3n) is 3.94. The van der Waals surface area contributed by atoms with Gasteiger partial charge in [-0.3, -0.25) is 9.89 Å². The number of halogens is 4. The molecule has 4 N–H and O–H groups in total. The first kappa shape index (κ1) is 21.2. The third-order valence-corrected chi connectivity index (χ3v) is 4.16. The van der Waals surface area contributed by atoms with Crippen LogP contribution in [0.2, 0.25) is 5.02 Å². The number of aromatic nitrogens is 2. The Bertz CT molecular complexity index is 1070. The Hall–Kier alpha value is -3.53. The molecule has 0 atom stereocenters. The Balaban J connectivity index is 1.64. The predicted octanol–water partition coefficient (Wildman–Crippen LogP) is 5.15. The van der Waals surface area contributed by atoms with Crippen molar-refractivity contribution in [3.05, 3.63) is 70.5 Å². The zero-order valence-electron chi connectivity index (χ0n) is 15.2. The maximum atomic E-state index is 12.9. The lowest BCUT2D eigenvalue weighted by atomic mass is 10.2. The molecular formula is C19H15ClF3N5O2. The van der Waals surface area contributed by atoms with E-state index < -0.39 is 17.8 Å². The lowest BCUT2D eigenvalue weighted by Crippen LogP contribution is -2.20. The van der Waals surface area contributed by atoms with Crippen LogP contribution in [0.15, 0.2) is 48.7 Å². The van der Waals surface area contributed by atoms with Crippen LogP contribution in [0, 0.1) is 0 Å². The summed E-state index contributed by atoms with van der Waals surface area (Å²) >= 11 is 5.71. The molecule has 156 valence electrons. The monoisotopic (exact) mass is 437 g/mol. The Kier molecular flexibility index (Phi) is 6.26. The van der Waals surface area contributed by atoms with Crippen LogP contribution >= 0.6 is 11.6 Å². The number of amides is 2. The van der Waals surface area contributed by atoms with Gasteiger partial charge in [0.05, 0.1) is 17.4 Å². The maximum absolute atomic E-state index is 12.9. The summed E-state index contributed by atoms with van der Waals surface area (Å²) in [5.41, 5.74) is 0.991. The summed E-state index contributed by atoms with van der Waals surface area (Å²) in [6.45, 7) is 0.348. The lowest BCUT2D eigenvalue weighted by molar-refractivity contribution is -0.137. The summed E-state index contributed by atoms with van der Waals surface area (Å²) in [6.07, 6.45) is -2.48. The van der Waals surface area contributed by atoms with Gasteiger partial charge >= 0.3 is 12.2 Å². The molecule has 30 heavy (non-hydrogen) atoms. The van der Waals surface area contributed by atoms with Crippen molar-refractivity contribution in [1.29, 1.82) is 0 Å². The van der Waals surface area contributed by atoms with Gasteiger partial charge < -0.3 is 16.0 Å². The van der Waals surface area contributed by atoms with Gasteiger partial charge in [-0.15, -0.1) is 0 Å². The Morgan fingerprint density at radius 3 is 2.63 bits per heavy atom. The van der Waals surface area contributed by atoms with Gasteiger partial charge in [0, 0.05) is 22.9 Å². The largest absolute Gasteiger partial charge is 0.416 e. The molecule has 1 heterocycles. The molecule has 0 aliphatic heterocycles. The van der Waals surface area contributed by atoms with Crippen molar-refractivity contribution in [1.82, 2.24) is 10.2 Å². The molecule has 11 heteroatoms. The van der Waals surface area contributed by atoms with E-state index in [1.165, 1.54) is 12.3 Å². The number of urea groups is 1. The molecule has 3 aromatic rings. The number of aldehydes is 1. The minimum atomic E-state index is -4.59. The van der Waals surface area contributed by atoms with E-state index in [0.717, 1.165) is 17.7 Å². The number of nitrogens with zero attached hydrogens (tertiary/aromatic N) is 1. The zero-order valence-corrected chi connectivity index (χ0v) is 15.9. The van der Waals surface area contributed by atoms with Gasteiger partial charge in [0.15, 0.2) is 6.29 Å². The van der Waals surface area contributed by atoms with Crippen molar-refractivity contribution in [3.8, 4) is 0 Å². The summed E-state index contributed by atoms with van der Waals surface area (Å²) in [5, 5.41) is 14.1. The SMILES string of the molecule is O=Cc1[nH]ncc1NCc1cccc(NC(=O)Nc2cc(Cl)cc(C(F)(F)F)c2)c1. The van der Waals surface area contributed by atoms with E-state index in [0.29, 0.717) is 29.9 Å². The molecule has 2 amide bonds. The lowest BCUT2D eigenvalue weighted by Gasteiger charge is -2.12. The van der Waals surface area contributed by atoms with Gasteiger partial charge in [0.2, 0.25) is 0 Å². The number of H-pyrrole nitrogens is 1. The normalized spacial score (nSPS) is 11.1. The average molecular weight is 438 g/mol. The first-order valence-corrected chi connectivity index (χ1v) is 8.89. The Labute approximate surface area is 173 Å². The summed E-state index contributed by atoms with van der Waals surface area (Å²) < 4.78 is 38.6. The third kappa shape index (κ3) is 5.51. The van der Waals surface area contributed by atoms with Crippen molar-refractivity contribution < 1.29 is 22.8 Å². The van der Waals surface area contributed by atoms with E-state index >= 15 is 0 Å². The van der Waals surface area contributed by atoms with Crippen molar-refractivity contribution in [2.75, 3.05) is 16.0 Å². The molecule has 0 fully saturated rings. The number of hydrogen-bond acceptors (Lipinski definition) is 4. The fraction of sp³-hybridized carbons (Fsp3) is 0.105. The van der Waals surface area contributed by atoms with Crippen LogP contribution in [0.5, 0.6) is 0 Å². The first-order valence-electron chi connectivity index (χ1n) is 8.52. The fourth-order valence-electron chi connectivity index (χ4n) is 2.60. The molecule has 0 saturated heterocycles. The van der Waals surface area contributed by atoms with Crippen molar-refractivity contribution in [2.45, 2.75) is 12.7 Å². The number of aromatic amines is 1. The smallest absolute Gasteiger partial charge is 0.378 e. The van der Waals surface area contributed by atoms with Crippen LogP contribution in [0.3, 0.4) is 0 Å². The van der Waals surface area contributed by atoms with Gasteiger partial charge in [-0.05, 0) is 35.9 Å². The highest BCUT2D eigenvalue weighted by Gasteiger charge is 2.31. The van der Waals surface area contributed by atoms with E-state index in [1.807, 2.05) is 0 Å². The van der Waals surface area contributed by atoms with Crippen LogP contribution in [-0.2, 0) is 12.7 Å². The van der Waals surface area contributed by atoms with Crippen molar-refractivity contribution in [3.63, 3.8) is 0 Å². The number of benzene rings is 2. The number of alkyl halides is 3. The molecular weight excluding hydrogens is 423 g/mol. The second-order valence-electron chi connectivity index (χ2n) is 6.17. The van der Waals surface area contributed by atoms with Crippen molar-refractivity contribution in [2.24, 2.45) is 0 Å². The van der Waals surface area contributed by atoms with Gasteiger partial charge in [0.25, 0.3) is 0 Å². The van der Waals surface area contributed by atoms with Gasteiger partial charge in [-0.1, -0.05) is 23.7 Å². The minimum absolute atomic E-state index is 0.0912. The number of hydrogen-bond donors (Lipinski definition) is 4. The van der Waals surface area contributed by atoms with Crippen LogP contribution < -0.4 is 16.0 Å². The van der Waals surface area contributed by atoms with Crippen LogP contribution in [0.1, 0.15) is 21.6 Å². The molecule has 0 aliphatic rings. The number of carbonyl (C=O) groups excluding carboxylic acids is 2. The Morgan fingerprint density at radius 1 is 1.13 bits per heavy atom. The fourth-order valence-corrected chi connectivity index (χ4v) is 2.84. The number of rotatable bonds is 6. The maximum Gasteiger partial charge on any atom is 0.416 e. The van der Waals surface area contributed by atoms with Gasteiger partial charge in [0.1, 0.15) is 5.69 Å². The Morgan fingerprint density at radius 2 is 1.90 bits per heavy atom.